The van der Waals surface area contributed by atoms with Crippen molar-refractivity contribution in [1.82, 2.24) is 10.6 Å². The Bertz CT molecular complexity index is 368. The average molecular weight is 289 g/mol. The van der Waals surface area contributed by atoms with Gasteiger partial charge in [-0.3, -0.25) is 4.79 Å². The van der Waals surface area contributed by atoms with E-state index in [4.69, 9.17) is 11.6 Å². The Labute approximate surface area is 118 Å². The zero-order chi connectivity index (χ0) is 13.4. The fourth-order valence-corrected chi connectivity index (χ4v) is 2.62. The summed E-state index contributed by atoms with van der Waals surface area (Å²) in [5.74, 6) is 0.0765. The second-order valence-electron chi connectivity index (χ2n) is 4.28. The number of thiophene rings is 1. The number of hydrogen-bond donors (Lipinski definition) is 2. The molecule has 18 heavy (non-hydrogen) atoms. The van der Waals surface area contributed by atoms with Crippen molar-refractivity contribution in [3.05, 3.63) is 21.3 Å². The van der Waals surface area contributed by atoms with Gasteiger partial charge in [0.25, 0.3) is 0 Å². The molecule has 2 N–H and O–H groups in total. The van der Waals surface area contributed by atoms with Crippen LogP contribution in [0.25, 0.3) is 0 Å². The summed E-state index contributed by atoms with van der Waals surface area (Å²) in [4.78, 5) is 12.9. The molecular weight excluding hydrogens is 268 g/mol. The molecule has 0 fully saturated rings. The smallest absolute Gasteiger partial charge is 0.236 e. The minimum Gasteiger partial charge on any atom is -0.355 e. The van der Waals surface area contributed by atoms with E-state index < -0.39 is 0 Å². The van der Waals surface area contributed by atoms with Gasteiger partial charge in [0.2, 0.25) is 5.91 Å². The highest BCUT2D eigenvalue weighted by Gasteiger charge is 2.10. The summed E-state index contributed by atoms with van der Waals surface area (Å²) in [6.07, 6.45) is 3.04. The number of unbranched alkanes of at least 4 members (excludes halogenated alkanes) is 1. The van der Waals surface area contributed by atoms with Crippen molar-refractivity contribution < 1.29 is 4.79 Å². The summed E-state index contributed by atoms with van der Waals surface area (Å²) in [6.45, 7) is 5.56. The molecule has 1 rings (SSSR count). The normalized spacial score (nSPS) is 12.4. The number of carbonyl (C=O) groups excluding carboxylic acids is 1. The first kappa shape index (κ1) is 15.5. The highest BCUT2D eigenvalue weighted by atomic mass is 35.5. The van der Waals surface area contributed by atoms with Crippen LogP contribution in [0.3, 0.4) is 0 Å². The average Bonchev–Trinajstić information content (AvgIpc) is 2.75. The van der Waals surface area contributed by atoms with E-state index in [0.717, 1.165) is 36.7 Å². The van der Waals surface area contributed by atoms with Crippen LogP contribution in [-0.4, -0.2) is 25.0 Å². The largest absolute Gasteiger partial charge is 0.355 e. The molecule has 1 heterocycles. The topological polar surface area (TPSA) is 41.1 Å². The SMILES string of the molecule is CCCCNC(=O)C(C)NCCc1ccc(Cl)s1. The zero-order valence-corrected chi connectivity index (χ0v) is 12.5. The maximum atomic E-state index is 11.7. The van der Waals surface area contributed by atoms with Crippen LogP contribution in [0.2, 0.25) is 4.34 Å². The third kappa shape index (κ3) is 5.85. The Kier molecular flexibility index (Phi) is 7.32. The van der Waals surface area contributed by atoms with E-state index in [0.29, 0.717) is 0 Å². The van der Waals surface area contributed by atoms with Gasteiger partial charge in [-0.2, -0.15) is 0 Å². The Morgan fingerprint density at radius 3 is 2.83 bits per heavy atom. The van der Waals surface area contributed by atoms with Gasteiger partial charge in [0, 0.05) is 18.0 Å². The summed E-state index contributed by atoms with van der Waals surface area (Å²) in [7, 11) is 0. The van der Waals surface area contributed by atoms with E-state index in [1.54, 1.807) is 11.3 Å². The molecular formula is C13H21ClN2OS. The molecule has 0 aromatic carbocycles. The fourth-order valence-electron chi connectivity index (χ4n) is 1.53. The number of amides is 1. The molecule has 1 unspecified atom stereocenters. The predicted molar refractivity (Wildman–Crippen MR) is 78.4 cm³/mol. The van der Waals surface area contributed by atoms with E-state index in [-0.39, 0.29) is 11.9 Å². The van der Waals surface area contributed by atoms with E-state index in [2.05, 4.69) is 17.6 Å². The van der Waals surface area contributed by atoms with Gasteiger partial charge in [-0.05, 0) is 31.9 Å². The molecule has 0 radical (unpaired) electrons. The zero-order valence-electron chi connectivity index (χ0n) is 11.0. The van der Waals surface area contributed by atoms with Gasteiger partial charge >= 0.3 is 0 Å². The number of nitrogens with one attached hydrogen (secondary N) is 2. The van der Waals surface area contributed by atoms with E-state index in [1.807, 2.05) is 19.1 Å². The summed E-state index contributed by atoms with van der Waals surface area (Å²) in [6, 6.07) is 3.79. The number of halogens is 1. The van der Waals surface area contributed by atoms with E-state index in [9.17, 15) is 4.79 Å². The van der Waals surface area contributed by atoms with Gasteiger partial charge in [0.05, 0.1) is 10.4 Å². The molecule has 3 nitrogen and oxygen atoms in total. The summed E-state index contributed by atoms with van der Waals surface area (Å²) in [5.41, 5.74) is 0. The lowest BCUT2D eigenvalue weighted by Gasteiger charge is -2.13. The van der Waals surface area contributed by atoms with Crippen molar-refractivity contribution in [2.45, 2.75) is 39.2 Å². The predicted octanol–water partition coefficient (Wildman–Crippen LogP) is 2.84. The highest BCUT2D eigenvalue weighted by molar-refractivity contribution is 7.16. The molecule has 0 aliphatic heterocycles. The van der Waals surface area contributed by atoms with Crippen LogP contribution in [0.5, 0.6) is 0 Å². The third-order valence-electron chi connectivity index (χ3n) is 2.67. The molecule has 0 saturated heterocycles. The number of hydrogen-bond acceptors (Lipinski definition) is 3. The van der Waals surface area contributed by atoms with Crippen molar-refractivity contribution in [3.8, 4) is 0 Å². The van der Waals surface area contributed by atoms with Gasteiger partial charge in [-0.25, -0.2) is 0 Å². The first-order valence-electron chi connectivity index (χ1n) is 6.38. The third-order valence-corrected chi connectivity index (χ3v) is 3.96. The van der Waals surface area contributed by atoms with Crippen molar-refractivity contribution >= 4 is 28.8 Å². The van der Waals surface area contributed by atoms with Gasteiger partial charge in [-0.1, -0.05) is 24.9 Å². The van der Waals surface area contributed by atoms with Crippen molar-refractivity contribution in [2.75, 3.05) is 13.1 Å². The number of carbonyl (C=O) groups is 1. The monoisotopic (exact) mass is 288 g/mol. The van der Waals surface area contributed by atoms with Crippen LogP contribution in [0.15, 0.2) is 12.1 Å². The van der Waals surface area contributed by atoms with E-state index >= 15 is 0 Å². The van der Waals surface area contributed by atoms with Crippen LogP contribution in [0.1, 0.15) is 31.6 Å². The summed E-state index contributed by atoms with van der Waals surface area (Å²) < 4.78 is 0.815. The maximum Gasteiger partial charge on any atom is 0.236 e. The molecule has 0 saturated carbocycles. The van der Waals surface area contributed by atoms with Crippen molar-refractivity contribution in [2.24, 2.45) is 0 Å². The van der Waals surface area contributed by atoms with Crippen LogP contribution in [0.4, 0.5) is 0 Å². The van der Waals surface area contributed by atoms with Crippen LogP contribution in [0, 0.1) is 0 Å². The Hall–Kier alpha value is -0.580. The summed E-state index contributed by atoms with van der Waals surface area (Å²) >= 11 is 7.45. The van der Waals surface area contributed by atoms with Gasteiger partial charge in [0.1, 0.15) is 0 Å². The van der Waals surface area contributed by atoms with Gasteiger partial charge in [-0.15, -0.1) is 11.3 Å². The fraction of sp³-hybridized carbons (Fsp3) is 0.615. The van der Waals surface area contributed by atoms with Crippen LogP contribution < -0.4 is 10.6 Å². The molecule has 1 atom stereocenters. The Balaban J connectivity index is 2.16. The second kappa shape index (κ2) is 8.51. The first-order valence-corrected chi connectivity index (χ1v) is 7.58. The second-order valence-corrected chi connectivity index (χ2v) is 6.08. The van der Waals surface area contributed by atoms with E-state index in [1.165, 1.54) is 4.88 Å². The molecule has 1 aromatic rings. The van der Waals surface area contributed by atoms with Gasteiger partial charge in [0.15, 0.2) is 0 Å². The first-order chi connectivity index (χ1) is 8.63. The molecule has 0 bridgehead atoms. The van der Waals surface area contributed by atoms with Crippen LogP contribution >= 0.6 is 22.9 Å². The van der Waals surface area contributed by atoms with Gasteiger partial charge < -0.3 is 10.6 Å². The Morgan fingerprint density at radius 2 is 2.22 bits per heavy atom. The van der Waals surface area contributed by atoms with Crippen LogP contribution in [-0.2, 0) is 11.2 Å². The molecule has 0 aliphatic carbocycles. The molecule has 1 amide bonds. The molecule has 0 spiro atoms. The lowest BCUT2D eigenvalue weighted by Crippen LogP contribution is -2.43. The molecule has 5 heteroatoms. The standard InChI is InChI=1S/C13H21ClN2OS/c1-3-4-8-16-13(17)10(2)15-9-7-11-5-6-12(14)18-11/h5-6,10,15H,3-4,7-9H2,1-2H3,(H,16,17). The van der Waals surface area contributed by atoms with Crippen molar-refractivity contribution in [1.29, 1.82) is 0 Å². The lowest BCUT2D eigenvalue weighted by atomic mass is 10.2. The van der Waals surface area contributed by atoms with Crippen molar-refractivity contribution in [3.63, 3.8) is 0 Å². The minimum absolute atomic E-state index is 0.0765. The minimum atomic E-state index is -0.141. The Morgan fingerprint density at radius 1 is 1.44 bits per heavy atom. The number of rotatable bonds is 8. The maximum absolute atomic E-state index is 11.7. The quantitative estimate of drug-likeness (QED) is 0.722. The molecule has 0 aliphatic rings. The molecule has 102 valence electrons. The highest BCUT2D eigenvalue weighted by Crippen LogP contribution is 2.21. The molecule has 1 aromatic heterocycles. The summed E-state index contributed by atoms with van der Waals surface area (Å²) in [5, 5.41) is 6.13. The lowest BCUT2D eigenvalue weighted by molar-refractivity contribution is -0.122.